The van der Waals surface area contributed by atoms with Crippen molar-refractivity contribution in [3.63, 3.8) is 0 Å². The van der Waals surface area contributed by atoms with Crippen LogP contribution in [0.4, 0.5) is 0 Å². The van der Waals surface area contributed by atoms with E-state index >= 15 is 0 Å². The number of methoxy groups -OCH3 is 1. The fourth-order valence-electron chi connectivity index (χ4n) is 1.81. The zero-order valence-electron chi connectivity index (χ0n) is 10.9. The van der Waals surface area contributed by atoms with Gasteiger partial charge in [0.25, 0.3) is 0 Å². The van der Waals surface area contributed by atoms with Crippen LogP contribution < -0.4 is 10.1 Å². The highest BCUT2D eigenvalue weighted by atomic mass is 16.5. The van der Waals surface area contributed by atoms with Crippen molar-refractivity contribution in [2.24, 2.45) is 0 Å². The first-order valence-electron chi connectivity index (χ1n) is 6.21. The first-order chi connectivity index (χ1) is 9.29. The van der Waals surface area contributed by atoms with Crippen molar-refractivity contribution in [3.05, 3.63) is 65.7 Å². The third-order valence-corrected chi connectivity index (χ3v) is 2.85. The van der Waals surface area contributed by atoms with Gasteiger partial charge in [-0.1, -0.05) is 42.5 Å². The van der Waals surface area contributed by atoms with E-state index in [0.29, 0.717) is 24.4 Å². The lowest BCUT2D eigenvalue weighted by molar-refractivity contribution is 0.0990. The fourth-order valence-corrected chi connectivity index (χ4v) is 1.81. The Hall–Kier alpha value is -2.13. The number of nitrogens with one attached hydrogen (secondary N) is 1. The molecule has 0 aliphatic rings. The van der Waals surface area contributed by atoms with E-state index in [0.717, 1.165) is 0 Å². The van der Waals surface area contributed by atoms with Crippen molar-refractivity contribution in [2.75, 3.05) is 13.7 Å². The van der Waals surface area contributed by atoms with Crippen LogP contribution in [0.5, 0.6) is 5.75 Å². The second-order valence-corrected chi connectivity index (χ2v) is 4.24. The summed E-state index contributed by atoms with van der Waals surface area (Å²) in [6.07, 6.45) is 0. The lowest BCUT2D eigenvalue weighted by Gasteiger charge is -2.06. The molecule has 0 saturated heterocycles. The maximum atomic E-state index is 12.0. The number of ketones is 1. The molecular weight excluding hydrogens is 238 g/mol. The van der Waals surface area contributed by atoms with Crippen LogP contribution in [0.2, 0.25) is 0 Å². The molecular formula is C16H17NO2. The molecule has 1 N–H and O–H groups in total. The average molecular weight is 255 g/mol. The molecule has 0 aliphatic heterocycles. The van der Waals surface area contributed by atoms with E-state index in [4.69, 9.17) is 4.74 Å². The van der Waals surface area contributed by atoms with Crippen LogP contribution in [-0.2, 0) is 6.54 Å². The molecule has 0 saturated carbocycles. The van der Waals surface area contributed by atoms with Gasteiger partial charge in [-0.25, -0.2) is 0 Å². The highest BCUT2D eigenvalue weighted by Crippen LogP contribution is 2.12. The lowest BCUT2D eigenvalue weighted by atomic mass is 10.1. The van der Waals surface area contributed by atoms with Gasteiger partial charge < -0.3 is 10.1 Å². The van der Waals surface area contributed by atoms with E-state index < -0.39 is 0 Å². The van der Waals surface area contributed by atoms with E-state index in [9.17, 15) is 4.79 Å². The third-order valence-electron chi connectivity index (χ3n) is 2.85. The van der Waals surface area contributed by atoms with Gasteiger partial charge in [0.05, 0.1) is 13.7 Å². The van der Waals surface area contributed by atoms with Crippen LogP contribution >= 0.6 is 0 Å². The predicted octanol–water partition coefficient (Wildman–Crippen LogP) is 2.67. The first-order valence-corrected chi connectivity index (χ1v) is 6.21. The van der Waals surface area contributed by atoms with Crippen molar-refractivity contribution >= 4 is 5.78 Å². The highest BCUT2D eigenvalue weighted by molar-refractivity contribution is 5.97. The van der Waals surface area contributed by atoms with E-state index in [-0.39, 0.29) is 5.78 Å². The van der Waals surface area contributed by atoms with E-state index in [1.807, 2.05) is 42.5 Å². The Balaban J connectivity index is 1.87. The van der Waals surface area contributed by atoms with Crippen molar-refractivity contribution in [1.29, 1.82) is 0 Å². The number of benzene rings is 2. The molecule has 19 heavy (non-hydrogen) atoms. The summed E-state index contributed by atoms with van der Waals surface area (Å²) in [6.45, 7) is 1.01. The molecule has 0 aromatic heterocycles. The highest BCUT2D eigenvalue weighted by Gasteiger charge is 2.06. The Labute approximate surface area is 113 Å². The number of rotatable bonds is 6. The van der Waals surface area contributed by atoms with E-state index in [2.05, 4.69) is 5.32 Å². The van der Waals surface area contributed by atoms with Gasteiger partial charge in [-0.3, -0.25) is 4.79 Å². The summed E-state index contributed by atoms with van der Waals surface area (Å²) >= 11 is 0. The van der Waals surface area contributed by atoms with Gasteiger partial charge in [-0.05, 0) is 17.7 Å². The Kier molecular flexibility index (Phi) is 4.70. The summed E-state index contributed by atoms with van der Waals surface area (Å²) in [5.41, 5.74) is 1.83. The van der Waals surface area contributed by atoms with Gasteiger partial charge in [0.1, 0.15) is 5.75 Å². The molecule has 0 amide bonds. The molecule has 0 fully saturated rings. The first kappa shape index (κ1) is 13.3. The van der Waals surface area contributed by atoms with E-state index in [1.165, 1.54) is 5.56 Å². The predicted molar refractivity (Wildman–Crippen MR) is 75.5 cm³/mol. The smallest absolute Gasteiger partial charge is 0.176 e. The minimum absolute atomic E-state index is 0.0647. The number of Topliss-reactive ketones (excluding diaryl/α,β-unsaturated/α-hetero) is 1. The molecule has 0 atom stereocenters. The van der Waals surface area contributed by atoms with Crippen LogP contribution in [0.1, 0.15) is 15.9 Å². The van der Waals surface area contributed by atoms with Gasteiger partial charge in [-0.15, -0.1) is 0 Å². The number of hydrogen-bond donors (Lipinski definition) is 1. The van der Waals surface area contributed by atoms with Crippen LogP contribution in [0.3, 0.4) is 0 Å². The molecule has 0 heterocycles. The zero-order chi connectivity index (χ0) is 13.5. The summed E-state index contributed by atoms with van der Waals surface area (Å²) in [5, 5.41) is 3.15. The molecule has 0 spiro atoms. The topological polar surface area (TPSA) is 38.3 Å². The Morgan fingerprint density at radius 2 is 1.89 bits per heavy atom. The molecule has 0 radical (unpaired) electrons. The Morgan fingerprint density at radius 1 is 1.11 bits per heavy atom. The number of carbonyl (C=O) groups is 1. The lowest BCUT2D eigenvalue weighted by Crippen LogP contribution is -2.22. The minimum Gasteiger partial charge on any atom is -0.497 e. The second kappa shape index (κ2) is 6.71. The molecule has 3 heteroatoms. The number of carbonyl (C=O) groups excluding carboxylic acids is 1. The second-order valence-electron chi connectivity index (χ2n) is 4.24. The fraction of sp³-hybridized carbons (Fsp3) is 0.188. The van der Waals surface area contributed by atoms with Crippen molar-refractivity contribution in [3.8, 4) is 5.75 Å². The van der Waals surface area contributed by atoms with Crippen molar-refractivity contribution in [1.82, 2.24) is 5.32 Å². The van der Waals surface area contributed by atoms with Crippen molar-refractivity contribution < 1.29 is 9.53 Å². The van der Waals surface area contributed by atoms with Crippen LogP contribution in [0.15, 0.2) is 54.6 Å². The van der Waals surface area contributed by atoms with Crippen LogP contribution in [0.25, 0.3) is 0 Å². The third kappa shape index (κ3) is 3.93. The zero-order valence-corrected chi connectivity index (χ0v) is 10.9. The molecule has 2 aromatic rings. The molecule has 0 aliphatic carbocycles. The van der Waals surface area contributed by atoms with Gasteiger partial charge in [0.15, 0.2) is 5.78 Å². The number of hydrogen-bond acceptors (Lipinski definition) is 3. The van der Waals surface area contributed by atoms with Gasteiger partial charge >= 0.3 is 0 Å². The maximum Gasteiger partial charge on any atom is 0.176 e. The van der Waals surface area contributed by atoms with Crippen LogP contribution in [-0.4, -0.2) is 19.4 Å². The maximum absolute atomic E-state index is 12.0. The molecule has 0 unspecified atom stereocenters. The molecule has 0 bridgehead atoms. The summed E-state index contributed by atoms with van der Waals surface area (Å²) in [6, 6.07) is 17.2. The van der Waals surface area contributed by atoms with Gasteiger partial charge in [-0.2, -0.15) is 0 Å². The quantitative estimate of drug-likeness (QED) is 0.806. The summed E-state index contributed by atoms with van der Waals surface area (Å²) in [4.78, 5) is 12.0. The molecule has 98 valence electrons. The summed E-state index contributed by atoms with van der Waals surface area (Å²) < 4.78 is 5.11. The van der Waals surface area contributed by atoms with Crippen molar-refractivity contribution in [2.45, 2.75) is 6.54 Å². The minimum atomic E-state index is 0.0647. The largest absolute Gasteiger partial charge is 0.497 e. The molecule has 3 nitrogen and oxygen atoms in total. The monoisotopic (exact) mass is 255 g/mol. The van der Waals surface area contributed by atoms with Crippen LogP contribution in [0, 0.1) is 0 Å². The Bertz CT molecular complexity index is 537. The van der Waals surface area contributed by atoms with Gasteiger partial charge in [0, 0.05) is 12.1 Å². The average Bonchev–Trinajstić information content (AvgIpc) is 2.48. The number of ether oxygens (including phenoxy) is 1. The Morgan fingerprint density at radius 3 is 2.63 bits per heavy atom. The summed E-state index contributed by atoms with van der Waals surface area (Å²) in [7, 11) is 1.59. The van der Waals surface area contributed by atoms with E-state index in [1.54, 1.807) is 19.2 Å². The normalized spacial score (nSPS) is 10.2. The van der Waals surface area contributed by atoms with Gasteiger partial charge in [0.2, 0.25) is 0 Å². The standard InChI is InChI=1S/C16H17NO2/c1-19-15-9-5-8-14(10-15)16(18)12-17-11-13-6-3-2-4-7-13/h2-10,17H,11-12H2,1H3. The SMILES string of the molecule is COc1cccc(C(=O)CNCc2ccccc2)c1. The molecule has 2 rings (SSSR count). The molecule has 2 aromatic carbocycles. The summed E-state index contributed by atoms with van der Waals surface area (Å²) in [5.74, 6) is 0.767.